The normalized spacial score (nSPS) is 15.8. The highest BCUT2D eigenvalue weighted by molar-refractivity contribution is 9.10. The molecule has 1 aliphatic rings. The summed E-state index contributed by atoms with van der Waals surface area (Å²) in [4.78, 5) is 13.3. The Hall–Kier alpha value is -3.42. The maximum Gasteiger partial charge on any atom is 0.278 e. The number of rotatable bonds is 4. The number of nitrogens with one attached hydrogen (secondary N) is 1. The number of piperidine rings is 1. The largest absolute Gasteiger partial charge is 0.383 e. The molecule has 1 saturated heterocycles. The van der Waals surface area contributed by atoms with Gasteiger partial charge in [0.15, 0.2) is 5.65 Å². The molecule has 0 radical (unpaired) electrons. The zero-order valence-corrected chi connectivity index (χ0v) is 20.7. The molecular weight excluding hydrogens is 534 g/mol. The second-order valence-electron chi connectivity index (χ2n) is 8.38. The van der Waals surface area contributed by atoms with Crippen molar-refractivity contribution in [3.05, 3.63) is 59.2 Å². The van der Waals surface area contributed by atoms with Crippen LogP contribution in [-0.2, 0) is 10.0 Å². The van der Waals surface area contributed by atoms with Gasteiger partial charge in [0.05, 0.1) is 21.9 Å². The summed E-state index contributed by atoms with van der Waals surface area (Å²) in [6.07, 6.45) is 5.93. The van der Waals surface area contributed by atoms with Crippen LogP contribution < -0.4 is 5.73 Å². The maximum atomic E-state index is 12.8. The van der Waals surface area contributed by atoms with E-state index in [1.807, 2.05) is 30.5 Å². The number of hydrogen-bond acceptors (Lipinski definition) is 8. The highest BCUT2D eigenvalue weighted by Gasteiger charge is 2.33. The molecule has 178 valence electrons. The SMILES string of the molecule is Nc1c(Br)c(C2CCN(S(=O)(=O)c3ncn[nH]3)CC2)nc2c(-c3cnc4ccccc4c3)cnn12. The van der Waals surface area contributed by atoms with Crippen molar-refractivity contribution in [3.63, 3.8) is 0 Å². The second kappa shape index (κ2) is 8.36. The lowest BCUT2D eigenvalue weighted by atomic mass is 9.94. The first kappa shape index (κ1) is 22.1. The van der Waals surface area contributed by atoms with Gasteiger partial charge >= 0.3 is 0 Å². The Morgan fingerprint density at radius 3 is 2.69 bits per heavy atom. The van der Waals surface area contributed by atoms with Crippen LogP contribution in [0, 0.1) is 0 Å². The first-order valence-corrected chi connectivity index (χ1v) is 13.2. The summed E-state index contributed by atoms with van der Waals surface area (Å²) in [5, 5.41) is 11.4. The number of sulfonamides is 1. The van der Waals surface area contributed by atoms with Crippen molar-refractivity contribution in [2.75, 3.05) is 18.8 Å². The van der Waals surface area contributed by atoms with E-state index in [4.69, 9.17) is 10.7 Å². The number of hydrogen-bond donors (Lipinski definition) is 2. The number of H-pyrrole nitrogens is 1. The molecule has 3 N–H and O–H groups in total. The minimum atomic E-state index is -3.70. The number of nitrogens with zero attached hydrogens (tertiary/aromatic N) is 7. The van der Waals surface area contributed by atoms with Gasteiger partial charge < -0.3 is 5.73 Å². The summed E-state index contributed by atoms with van der Waals surface area (Å²) in [5.41, 5.74) is 10.5. The first-order chi connectivity index (χ1) is 16.9. The summed E-state index contributed by atoms with van der Waals surface area (Å²) >= 11 is 3.61. The third-order valence-electron chi connectivity index (χ3n) is 6.37. The molecule has 1 aliphatic heterocycles. The van der Waals surface area contributed by atoms with E-state index in [9.17, 15) is 8.42 Å². The lowest BCUT2D eigenvalue weighted by Crippen LogP contribution is -2.38. The van der Waals surface area contributed by atoms with Crippen LogP contribution in [0.25, 0.3) is 27.7 Å². The van der Waals surface area contributed by atoms with Crippen LogP contribution in [0.2, 0.25) is 0 Å². The molecule has 0 amide bonds. The maximum absolute atomic E-state index is 12.8. The number of nitrogens with two attached hydrogens (primary N) is 1. The third-order valence-corrected chi connectivity index (χ3v) is 8.91. The first-order valence-electron chi connectivity index (χ1n) is 11.0. The van der Waals surface area contributed by atoms with Crippen LogP contribution in [-0.4, -0.2) is 60.6 Å². The minimum Gasteiger partial charge on any atom is -0.383 e. The molecule has 5 heterocycles. The third kappa shape index (κ3) is 3.66. The van der Waals surface area contributed by atoms with Crippen molar-refractivity contribution >= 4 is 48.3 Å². The van der Waals surface area contributed by atoms with Gasteiger partial charge in [-0.1, -0.05) is 18.2 Å². The van der Waals surface area contributed by atoms with Crippen LogP contribution in [0.5, 0.6) is 0 Å². The average Bonchev–Trinajstić information content (AvgIpc) is 3.57. The Kier molecular flexibility index (Phi) is 5.27. The molecule has 5 aromatic rings. The van der Waals surface area contributed by atoms with Crippen LogP contribution in [0.4, 0.5) is 5.82 Å². The van der Waals surface area contributed by atoms with E-state index in [1.165, 1.54) is 10.6 Å². The van der Waals surface area contributed by atoms with Gasteiger partial charge in [0.1, 0.15) is 12.1 Å². The lowest BCUT2D eigenvalue weighted by molar-refractivity contribution is 0.314. The zero-order chi connectivity index (χ0) is 24.2. The fourth-order valence-electron chi connectivity index (χ4n) is 4.52. The molecule has 0 saturated carbocycles. The summed E-state index contributed by atoms with van der Waals surface area (Å²) in [6, 6.07) is 9.98. The summed E-state index contributed by atoms with van der Waals surface area (Å²) < 4.78 is 29.3. The van der Waals surface area contributed by atoms with Crippen molar-refractivity contribution in [1.82, 2.24) is 39.1 Å². The topological polar surface area (TPSA) is 148 Å². The van der Waals surface area contributed by atoms with Crippen molar-refractivity contribution in [3.8, 4) is 11.1 Å². The number of benzene rings is 1. The molecule has 4 aromatic heterocycles. The molecule has 0 spiro atoms. The Balaban J connectivity index is 1.34. The molecule has 6 rings (SSSR count). The highest BCUT2D eigenvalue weighted by Crippen LogP contribution is 2.37. The number of anilines is 1. The monoisotopic (exact) mass is 553 g/mol. The Bertz CT molecular complexity index is 1660. The van der Waals surface area contributed by atoms with E-state index in [-0.39, 0.29) is 11.1 Å². The van der Waals surface area contributed by atoms with E-state index < -0.39 is 10.0 Å². The van der Waals surface area contributed by atoms with E-state index >= 15 is 0 Å². The van der Waals surface area contributed by atoms with Gasteiger partial charge in [0.25, 0.3) is 15.2 Å². The summed E-state index contributed by atoms with van der Waals surface area (Å²) in [5.74, 6) is 0.469. The standard InChI is InChI=1S/C22H20BrN9O2S/c23-18-19(13-5-7-31(8-6-13)35(33,34)22-26-12-27-30-22)29-21-16(11-28-32(21)20(18)24)15-9-14-3-1-2-4-17(14)25-10-15/h1-4,9-13H,5-8,24H2,(H,26,27,30). The van der Waals surface area contributed by atoms with Gasteiger partial charge in [-0.25, -0.2) is 23.5 Å². The smallest absolute Gasteiger partial charge is 0.278 e. The molecule has 0 unspecified atom stereocenters. The Morgan fingerprint density at radius 1 is 1.11 bits per heavy atom. The van der Waals surface area contributed by atoms with Crippen LogP contribution >= 0.6 is 15.9 Å². The number of halogens is 1. The molecule has 1 aromatic carbocycles. The summed E-state index contributed by atoms with van der Waals surface area (Å²) in [7, 11) is -3.70. The zero-order valence-electron chi connectivity index (χ0n) is 18.3. The number of para-hydroxylation sites is 1. The summed E-state index contributed by atoms with van der Waals surface area (Å²) in [6.45, 7) is 0.682. The number of nitrogen functional groups attached to an aromatic ring is 1. The number of fused-ring (bicyclic) bond motifs is 2. The molecule has 35 heavy (non-hydrogen) atoms. The second-order valence-corrected chi connectivity index (χ2v) is 11.0. The molecule has 13 heteroatoms. The molecule has 1 fully saturated rings. The Morgan fingerprint density at radius 2 is 1.91 bits per heavy atom. The fraction of sp³-hybridized carbons (Fsp3) is 0.227. The van der Waals surface area contributed by atoms with E-state index in [2.05, 4.69) is 47.3 Å². The van der Waals surface area contributed by atoms with Gasteiger partial charge in [0.2, 0.25) is 0 Å². The van der Waals surface area contributed by atoms with E-state index in [1.54, 1.807) is 10.7 Å². The Labute approximate surface area is 208 Å². The number of pyridine rings is 1. The minimum absolute atomic E-state index is 0.0235. The van der Waals surface area contributed by atoms with Gasteiger partial charge in [-0.05, 0) is 40.9 Å². The average molecular weight is 554 g/mol. The number of aromatic nitrogens is 7. The predicted octanol–water partition coefficient (Wildman–Crippen LogP) is 2.98. The van der Waals surface area contributed by atoms with Crippen molar-refractivity contribution in [2.45, 2.75) is 23.9 Å². The van der Waals surface area contributed by atoms with E-state index in [0.717, 1.165) is 27.7 Å². The van der Waals surface area contributed by atoms with Crippen LogP contribution in [0.15, 0.2) is 58.7 Å². The molecule has 0 aliphatic carbocycles. The van der Waals surface area contributed by atoms with Crippen LogP contribution in [0.3, 0.4) is 0 Å². The van der Waals surface area contributed by atoms with E-state index in [0.29, 0.717) is 41.9 Å². The molecule has 0 bridgehead atoms. The molecule has 11 nitrogen and oxygen atoms in total. The van der Waals surface area contributed by atoms with Crippen molar-refractivity contribution in [2.24, 2.45) is 0 Å². The highest BCUT2D eigenvalue weighted by atomic mass is 79.9. The van der Waals surface area contributed by atoms with Crippen molar-refractivity contribution < 1.29 is 8.42 Å². The van der Waals surface area contributed by atoms with Crippen LogP contribution in [0.1, 0.15) is 24.5 Å². The quantitative estimate of drug-likeness (QED) is 0.345. The number of aromatic amines is 1. The van der Waals surface area contributed by atoms with Gasteiger partial charge in [-0.15, -0.1) is 0 Å². The van der Waals surface area contributed by atoms with Gasteiger partial charge in [-0.2, -0.15) is 19.0 Å². The molecular formula is C22H20BrN9O2S. The predicted molar refractivity (Wildman–Crippen MR) is 133 cm³/mol. The lowest BCUT2D eigenvalue weighted by Gasteiger charge is -2.30. The van der Waals surface area contributed by atoms with Crippen molar-refractivity contribution in [1.29, 1.82) is 0 Å². The van der Waals surface area contributed by atoms with Gasteiger partial charge in [-0.3, -0.25) is 4.98 Å². The molecule has 0 atom stereocenters. The fourth-order valence-corrected chi connectivity index (χ4v) is 6.38. The van der Waals surface area contributed by atoms with Gasteiger partial charge in [0, 0.05) is 41.7 Å².